The molecule has 0 aliphatic carbocycles. The molecule has 0 spiro atoms. The molecule has 5 nitrogen and oxygen atoms in total. The van der Waals surface area contributed by atoms with E-state index in [9.17, 15) is 0 Å². The zero-order chi connectivity index (χ0) is 13.8. The van der Waals surface area contributed by atoms with Crippen LogP contribution in [-0.4, -0.2) is 37.3 Å². The highest BCUT2D eigenvalue weighted by molar-refractivity contribution is 6.34. The molecule has 1 aromatic carbocycles. The van der Waals surface area contributed by atoms with Crippen LogP contribution in [0.1, 0.15) is 18.4 Å². The SMILES string of the molecule is CN(CC1CCCO1)c1cccc(Cl)c1C(N)=NO. The highest BCUT2D eigenvalue weighted by atomic mass is 35.5. The second kappa shape index (κ2) is 6.12. The average Bonchev–Trinajstić information content (AvgIpc) is 2.90. The molecule has 1 aliphatic rings. The van der Waals surface area contributed by atoms with Gasteiger partial charge in [0.15, 0.2) is 5.84 Å². The predicted octanol–water partition coefficient (Wildman–Crippen LogP) is 2.05. The van der Waals surface area contributed by atoms with Crippen LogP contribution in [0, 0.1) is 0 Å². The molecular weight excluding hydrogens is 266 g/mol. The number of hydrogen-bond donors (Lipinski definition) is 2. The minimum absolute atomic E-state index is 0.0137. The highest BCUT2D eigenvalue weighted by Gasteiger charge is 2.20. The first kappa shape index (κ1) is 14.0. The van der Waals surface area contributed by atoms with E-state index in [1.165, 1.54) is 0 Å². The van der Waals surface area contributed by atoms with E-state index < -0.39 is 0 Å². The van der Waals surface area contributed by atoms with Gasteiger partial charge in [0.1, 0.15) is 0 Å². The molecule has 1 aliphatic heterocycles. The number of oxime groups is 1. The number of anilines is 1. The predicted molar refractivity (Wildman–Crippen MR) is 76.2 cm³/mol. The Labute approximate surface area is 117 Å². The Morgan fingerprint density at radius 2 is 2.42 bits per heavy atom. The number of halogens is 1. The van der Waals surface area contributed by atoms with Crippen LogP contribution in [-0.2, 0) is 4.74 Å². The fraction of sp³-hybridized carbons (Fsp3) is 0.462. The van der Waals surface area contributed by atoms with Gasteiger partial charge in [0, 0.05) is 25.9 Å². The van der Waals surface area contributed by atoms with E-state index in [1.54, 1.807) is 6.07 Å². The Kier molecular flexibility index (Phi) is 4.50. The van der Waals surface area contributed by atoms with Gasteiger partial charge in [-0.15, -0.1) is 0 Å². The highest BCUT2D eigenvalue weighted by Crippen LogP contribution is 2.27. The topological polar surface area (TPSA) is 71.1 Å². The molecule has 1 fully saturated rings. The van der Waals surface area contributed by atoms with E-state index >= 15 is 0 Å². The van der Waals surface area contributed by atoms with Crippen LogP contribution in [0.5, 0.6) is 0 Å². The second-order valence-corrected chi connectivity index (χ2v) is 5.04. The maximum absolute atomic E-state index is 8.86. The van der Waals surface area contributed by atoms with Gasteiger partial charge in [-0.2, -0.15) is 0 Å². The molecule has 1 unspecified atom stereocenters. The van der Waals surface area contributed by atoms with Crippen LogP contribution in [0.15, 0.2) is 23.4 Å². The van der Waals surface area contributed by atoms with Crippen LogP contribution in [0.4, 0.5) is 5.69 Å². The van der Waals surface area contributed by atoms with Crippen molar-refractivity contribution in [1.29, 1.82) is 0 Å². The number of nitrogens with zero attached hydrogens (tertiary/aromatic N) is 2. The third kappa shape index (κ3) is 3.11. The molecule has 0 amide bonds. The van der Waals surface area contributed by atoms with Crippen LogP contribution >= 0.6 is 11.6 Å². The van der Waals surface area contributed by atoms with E-state index in [0.717, 1.165) is 31.7 Å². The van der Waals surface area contributed by atoms with Gasteiger partial charge >= 0.3 is 0 Å². The number of rotatable bonds is 4. The van der Waals surface area contributed by atoms with Crippen molar-refractivity contribution in [3.05, 3.63) is 28.8 Å². The lowest BCUT2D eigenvalue weighted by Gasteiger charge is -2.25. The average molecular weight is 284 g/mol. The Balaban J connectivity index is 2.25. The zero-order valence-electron chi connectivity index (χ0n) is 10.8. The summed E-state index contributed by atoms with van der Waals surface area (Å²) in [5.41, 5.74) is 7.08. The minimum atomic E-state index is 0.0137. The number of nitrogens with two attached hydrogens (primary N) is 1. The molecule has 1 atom stereocenters. The largest absolute Gasteiger partial charge is 0.409 e. The lowest BCUT2D eigenvalue weighted by molar-refractivity contribution is 0.116. The van der Waals surface area contributed by atoms with Crippen molar-refractivity contribution in [2.45, 2.75) is 18.9 Å². The van der Waals surface area contributed by atoms with Gasteiger partial charge in [-0.05, 0) is 25.0 Å². The van der Waals surface area contributed by atoms with Crippen LogP contribution < -0.4 is 10.6 Å². The summed E-state index contributed by atoms with van der Waals surface area (Å²) in [6.07, 6.45) is 2.38. The van der Waals surface area contributed by atoms with E-state index in [1.807, 2.05) is 24.1 Å². The van der Waals surface area contributed by atoms with Crippen molar-refractivity contribution >= 4 is 23.1 Å². The molecule has 0 radical (unpaired) electrons. The van der Waals surface area contributed by atoms with Crippen molar-refractivity contribution in [2.24, 2.45) is 10.9 Å². The lowest BCUT2D eigenvalue weighted by atomic mass is 10.1. The van der Waals surface area contributed by atoms with Crippen molar-refractivity contribution in [2.75, 3.05) is 25.1 Å². The molecule has 6 heteroatoms. The van der Waals surface area contributed by atoms with Gasteiger partial charge in [0.2, 0.25) is 0 Å². The second-order valence-electron chi connectivity index (χ2n) is 4.63. The first-order valence-corrected chi connectivity index (χ1v) is 6.60. The first-order valence-electron chi connectivity index (χ1n) is 6.22. The summed E-state index contributed by atoms with van der Waals surface area (Å²) in [4.78, 5) is 2.02. The summed E-state index contributed by atoms with van der Waals surface area (Å²) < 4.78 is 5.62. The molecule has 19 heavy (non-hydrogen) atoms. The van der Waals surface area contributed by atoms with Crippen molar-refractivity contribution in [3.63, 3.8) is 0 Å². The summed E-state index contributed by atoms with van der Waals surface area (Å²) in [7, 11) is 1.95. The molecule has 1 aromatic rings. The Morgan fingerprint density at radius 1 is 1.63 bits per heavy atom. The monoisotopic (exact) mass is 283 g/mol. The molecule has 1 saturated heterocycles. The zero-order valence-corrected chi connectivity index (χ0v) is 11.6. The van der Waals surface area contributed by atoms with Crippen LogP contribution in [0.3, 0.4) is 0 Å². The van der Waals surface area contributed by atoms with Gasteiger partial charge in [0.25, 0.3) is 0 Å². The molecular formula is C13H18ClN3O2. The van der Waals surface area contributed by atoms with Crippen molar-refractivity contribution < 1.29 is 9.94 Å². The summed E-state index contributed by atoms with van der Waals surface area (Å²) >= 11 is 6.13. The molecule has 1 heterocycles. The Morgan fingerprint density at radius 3 is 3.05 bits per heavy atom. The summed E-state index contributed by atoms with van der Waals surface area (Å²) in [6.45, 7) is 1.58. The van der Waals surface area contributed by atoms with Gasteiger partial charge < -0.3 is 20.6 Å². The third-order valence-electron chi connectivity index (χ3n) is 3.27. The summed E-state index contributed by atoms with van der Waals surface area (Å²) in [5, 5.41) is 12.4. The minimum Gasteiger partial charge on any atom is -0.409 e. The number of amidine groups is 1. The van der Waals surface area contributed by atoms with E-state index in [0.29, 0.717) is 10.6 Å². The maximum atomic E-state index is 8.86. The molecule has 104 valence electrons. The normalized spacial score (nSPS) is 19.7. The quantitative estimate of drug-likeness (QED) is 0.384. The molecule has 2 rings (SSSR count). The molecule has 0 aromatic heterocycles. The van der Waals surface area contributed by atoms with Crippen LogP contribution in [0.2, 0.25) is 5.02 Å². The smallest absolute Gasteiger partial charge is 0.173 e. The Hall–Kier alpha value is -1.46. The number of ether oxygens (including phenoxy) is 1. The van der Waals surface area contributed by atoms with Crippen molar-refractivity contribution in [3.8, 4) is 0 Å². The number of likely N-dealkylation sites (N-methyl/N-ethyl adjacent to an activating group) is 1. The van der Waals surface area contributed by atoms with E-state index in [2.05, 4.69) is 5.16 Å². The van der Waals surface area contributed by atoms with Crippen LogP contribution in [0.25, 0.3) is 0 Å². The van der Waals surface area contributed by atoms with Gasteiger partial charge in [-0.25, -0.2) is 0 Å². The van der Waals surface area contributed by atoms with E-state index in [4.69, 9.17) is 27.3 Å². The first-order chi connectivity index (χ1) is 9.13. The van der Waals surface area contributed by atoms with Gasteiger partial charge in [-0.1, -0.05) is 22.8 Å². The van der Waals surface area contributed by atoms with Gasteiger partial charge in [-0.3, -0.25) is 0 Å². The molecule has 0 saturated carbocycles. The standard InChI is InChI=1S/C13H18ClN3O2/c1-17(8-9-4-3-7-19-9)11-6-2-5-10(14)12(11)13(15)16-18/h2,5-6,9,18H,3-4,7-8H2,1H3,(H2,15,16). The Bertz CT molecular complexity index is 473. The van der Waals surface area contributed by atoms with E-state index in [-0.39, 0.29) is 11.9 Å². The van der Waals surface area contributed by atoms with Crippen molar-refractivity contribution in [1.82, 2.24) is 0 Å². The lowest BCUT2D eigenvalue weighted by Crippen LogP contribution is -2.30. The fourth-order valence-corrected chi connectivity index (χ4v) is 2.59. The van der Waals surface area contributed by atoms with Gasteiger partial charge in [0.05, 0.1) is 16.7 Å². The molecule has 3 N–H and O–H groups in total. The molecule has 0 bridgehead atoms. The number of hydrogen-bond acceptors (Lipinski definition) is 4. The summed E-state index contributed by atoms with van der Waals surface area (Å²) in [5.74, 6) is 0.0137. The fourth-order valence-electron chi connectivity index (χ4n) is 2.33. The summed E-state index contributed by atoms with van der Waals surface area (Å²) in [6, 6.07) is 5.46. The number of benzene rings is 1. The maximum Gasteiger partial charge on any atom is 0.173 e. The third-order valence-corrected chi connectivity index (χ3v) is 3.58.